The summed E-state index contributed by atoms with van der Waals surface area (Å²) in [5.41, 5.74) is 1.93. The van der Waals surface area contributed by atoms with Crippen molar-refractivity contribution in [2.45, 2.75) is 19.6 Å². The Bertz CT molecular complexity index is 582. The predicted molar refractivity (Wildman–Crippen MR) is 80.5 cm³/mol. The fraction of sp³-hybridized carbons (Fsp3) is 0.462. The van der Waals surface area contributed by atoms with Crippen LogP contribution >= 0.6 is 22.9 Å². The summed E-state index contributed by atoms with van der Waals surface area (Å²) in [4.78, 5) is 0.859. The largest absolute Gasteiger partial charge is 0.481 e. The van der Waals surface area contributed by atoms with Gasteiger partial charge >= 0.3 is 0 Å². The number of nitrogens with one attached hydrogen (secondary N) is 1. The van der Waals surface area contributed by atoms with E-state index in [-0.39, 0.29) is 0 Å². The number of halogens is 1. The van der Waals surface area contributed by atoms with E-state index in [1.54, 1.807) is 17.9 Å². The fourth-order valence-corrected chi connectivity index (χ4v) is 3.13. The van der Waals surface area contributed by atoms with Crippen LogP contribution in [0.25, 0.3) is 0 Å². The van der Waals surface area contributed by atoms with Crippen molar-refractivity contribution < 1.29 is 9.84 Å². The first-order valence-corrected chi connectivity index (χ1v) is 7.42. The highest BCUT2D eigenvalue weighted by molar-refractivity contribution is 7.16. The Morgan fingerprint density at radius 1 is 1.55 bits per heavy atom. The zero-order valence-electron chi connectivity index (χ0n) is 11.7. The van der Waals surface area contributed by atoms with Crippen LogP contribution in [0.4, 0.5) is 0 Å². The van der Waals surface area contributed by atoms with Gasteiger partial charge in [-0.1, -0.05) is 11.6 Å². The van der Waals surface area contributed by atoms with E-state index in [9.17, 15) is 5.11 Å². The van der Waals surface area contributed by atoms with Crippen LogP contribution in [0.3, 0.4) is 0 Å². The smallest absolute Gasteiger partial charge is 0.216 e. The lowest BCUT2D eigenvalue weighted by Gasteiger charge is -2.10. The molecule has 7 heteroatoms. The normalized spacial score (nSPS) is 12.7. The second-order valence-corrected chi connectivity index (χ2v) is 6.23. The number of aliphatic hydroxyl groups excluding tert-OH is 1. The van der Waals surface area contributed by atoms with E-state index in [4.69, 9.17) is 16.3 Å². The van der Waals surface area contributed by atoms with Crippen molar-refractivity contribution in [1.82, 2.24) is 15.1 Å². The van der Waals surface area contributed by atoms with E-state index in [2.05, 4.69) is 10.4 Å². The SMILES string of the molecule is COc1c(CNCC(O)c2ccc(Cl)s2)c(C)nn1C. The zero-order valence-corrected chi connectivity index (χ0v) is 13.3. The van der Waals surface area contributed by atoms with E-state index < -0.39 is 6.10 Å². The molecule has 1 atom stereocenters. The van der Waals surface area contributed by atoms with Crippen molar-refractivity contribution in [3.63, 3.8) is 0 Å². The highest BCUT2D eigenvalue weighted by atomic mass is 35.5. The van der Waals surface area contributed by atoms with E-state index in [0.29, 0.717) is 17.4 Å². The molecule has 2 aromatic rings. The van der Waals surface area contributed by atoms with Gasteiger partial charge in [-0.25, -0.2) is 4.68 Å². The van der Waals surface area contributed by atoms with Gasteiger partial charge in [0.05, 0.1) is 22.7 Å². The summed E-state index contributed by atoms with van der Waals surface area (Å²) in [6, 6.07) is 3.63. The number of aromatic nitrogens is 2. The maximum atomic E-state index is 10.1. The van der Waals surface area contributed by atoms with Gasteiger partial charge in [0, 0.05) is 25.0 Å². The summed E-state index contributed by atoms with van der Waals surface area (Å²) < 4.78 is 7.72. The summed E-state index contributed by atoms with van der Waals surface area (Å²) in [5, 5.41) is 17.6. The number of rotatable bonds is 6. The topological polar surface area (TPSA) is 59.3 Å². The molecule has 0 aliphatic rings. The lowest BCUT2D eigenvalue weighted by molar-refractivity contribution is 0.178. The van der Waals surface area contributed by atoms with Gasteiger partial charge in [-0.15, -0.1) is 11.3 Å². The zero-order chi connectivity index (χ0) is 14.7. The number of hydrogen-bond donors (Lipinski definition) is 2. The molecular weight excluding hydrogens is 298 g/mol. The molecule has 0 fully saturated rings. The van der Waals surface area contributed by atoms with Gasteiger partial charge in [0.25, 0.3) is 0 Å². The average molecular weight is 316 g/mol. The Balaban J connectivity index is 1.93. The summed E-state index contributed by atoms with van der Waals surface area (Å²) in [6.07, 6.45) is -0.560. The van der Waals surface area contributed by atoms with Crippen LogP contribution in [0.5, 0.6) is 5.88 Å². The van der Waals surface area contributed by atoms with Crippen LogP contribution in [0.1, 0.15) is 22.2 Å². The molecule has 2 heterocycles. The van der Waals surface area contributed by atoms with Crippen molar-refractivity contribution >= 4 is 22.9 Å². The van der Waals surface area contributed by atoms with E-state index >= 15 is 0 Å². The number of methoxy groups -OCH3 is 1. The number of ether oxygens (including phenoxy) is 1. The Morgan fingerprint density at radius 3 is 2.90 bits per heavy atom. The molecule has 0 aromatic carbocycles. The fourth-order valence-electron chi connectivity index (χ4n) is 2.08. The summed E-state index contributed by atoms with van der Waals surface area (Å²) in [7, 11) is 3.47. The monoisotopic (exact) mass is 315 g/mol. The van der Waals surface area contributed by atoms with Crippen LogP contribution in [0, 0.1) is 6.92 Å². The van der Waals surface area contributed by atoms with Crippen LogP contribution < -0.4 is 10.1 Å². The minimum Gasteiger partial charge on any atom is -0.481 e. The van der Waals surface area contributed by atoms with Crippen molar-refractivity contribution in [2.24, 2.45) is 7.05 Å². The Hall–Kier alpha value is -1.08. The van der Waals surface area contributed by atoms with Crippen molar-refractivity contribution in [2.75, 3.05) is 13.7 Å². The predicted octanol–water partition coefficient (Wildman–Crippen LogP) is 2.28. The number of nitrogens with zero attached hydrogens (tertiary/aromatic N) is 2. The minimum absolute atomic E-state index is 0.453. The Kier molecular flexibility index (Phi) is 5.04. The van der Waals surface area contributed by atoms with Crippen LogP contribution in [0.15, 0.2) is 12.1 Å². The number of hydrogen-bond acceptors (Lipinski definition) is 5. The number of aliphatic hydroxyl groups is 1. The molecule has 0 aliphatic carbocycles. The first-order valence-electron chi connectivity index (χ1n) is 6.23. The summed E-state index contributed by atoms with van der Waals surface area (Å²) in [5.74, 6) is 0.739. The molecule has 2 aromatic heterocycles. The third-order valence-electron chi connectivity index (χ3n) is 3.04. The number of thiophene rings is 1. The molecule has 0 saturated heterocycles. The minimum atomic E-state index is -0.560. The molecule has 1 unspecified atom stereocenters. The highest BCUT2D eigenvalue weighted by Crippen LogP contribution is 2.26. The second-order valence-electron chi connectivity index (χ2n) is 4.49. The molecule has 5 nitrogen and oxygen atoms in total. The Labute approximate surface area is 127 Å². The van der Waals surface area contributed by atoms with Crippen LogP contribution in [-0.4, -0.2) is 28.5 Å². The standard InChI is InChI=1S/C13H18ClN3O2S/c1-8-9(13(19-3)17(2)16-8)6-15-7-10(18)11-4-5-12(14)20-11/h4-5,10,15,18H,6-7H2,1-3H3. The molecule has 0 aliphatic heterocycles. The molecule has 0 bridgehead atoms. The molecule has 0 saturated carbocycles. The van der Waals surface area contributed by atoms with Crippen molar-refractivity contribution in [1.29, 1.82) is 0 Å². The molecule has 20 heavy (non-hydrogen) atoms. The maximum Gasteiger partial charge on any atom is 0.216 e. The number of aryl methyl sites for hydroxylation is 2. The first kappa shape index (κ1) is 15.3. The maximum absolute atomic E-state index is 10.1. The third kappa shape index (κ3) is 3.32. The second kappa shape index (κ2) is 6.58. The van der Waals surface area contributed by atoms with Gasteiger partial charge in [-0.3, -0.25) is 0 Å². The Morgan fingerprint density at radius 2 is 2.30 bits per heavy atom. The summed E-state index contributed by atoms with van der Waals surface area (Å²) in [6.45, 7) is 2.99. The van der Waals surface area contributed by atoms with Crippen LogP contribution in [0.2, 0.25) is 4.34 Å². The highest BCUT2D eigenvalue weighted by Gasteiger charge is 2.15. The molecule has 0 spiro atoms. The lowest BCUT2D eigenvalue weighted by atomic mass is 10.2. The quantitative estimate of drug-likeness (QED) is 0.858. The molecule has 110 valence electrons. The lowest BCUT2D eigenvalue weighted by Crippen LogP contribution is -2.21. The molecule has 2 N–H and O–H groups in total. The van der Waals surface area contributed by atoms with E-state index in [0.717, 1.165) is 22.0 Å². The van der Waals surface area contributed by atoms with Crippen molar-refractivity contribution in [3.8, 4) is 5.88 Å². The van der Waals surface area contributed by atoms with Gasteiger partial charge < -0.3 is 15.2 Å². The van der Waals surface area contributed by atoms with Crippen molar-refractivity contribution in [3.05, 3.63) is 32.6 Å². The molecule has 0 radical (unpaired) electrons. The molecular formula is C13H18ClN3O2S. The van der Waals surface area contributed by atoms with Crippen LogP contribution in [-0.2, 0) is 13.6 Å². The average Bonchev–Trinajstić information content (AvgIpc) is 2.94. The molecule has 2 rings (SSSR count). The summed E-state index contributed by atoms with van der Waals surface area (Å²) >= 11 is 7.25. The molecule has 0 amide bonds. The van der Waals surface area contributed by atoms with Gasteiger partial charge in [-0.2, -0.15) is 5.10 Å². The van der Waals surface area contributed by atoms with Gasteiger partial charge in [0.15, 0.2) is 0 Å². The van der Waals surface area contributed by atoms with Gasteiger partial charge in [-0.05, 0) is 19.1 Å². The first-order chi connectivity index (χ1) is 9.52. The van der Waals surface area contributed by atoms with Gasteiger partial charge in [0.2, 0.25) is 5.88 Å². The van der Waals surface area contributed by atoms with Gasteiger partial charge in [0.1, 0.15) is 6.10 Å². The van der Waals surface area contributed by atoms with E-state index in [1.807, 2.05) is 20.0 Å². The van der Waals surface area contributed by atoms with E-state index in [1.165, 1.54) is 11.3 Å². The third-order valence-corrected chi connectivity index (χ3v) is 4.38.